The van der Waals surface area contributed by atoms with Crippen molar-refractivity contribution in [3.8, 4) is 0 Å². The van der Waals surface area contributed by atoms with E-state index in [2.05, 4.69) is 10.3 Å². The standard InChI is InChI=1S/C16H13F2N3O2/c17-12-3-1-8(5-13(12)18)10-6-11(10)16(23)21-9-2-4-14(15(19)22)20-7-9/h1-5,7,10-11H,6H2,(H2,19,22)(H,21,23)/t10-,11+/m1/s1. The average molecular weight is 317 g/mol. The molecule has 2 amide bonds. The first-order chi connectivity index (χ1) is 11.0. The molecule has 3 N–H and O–H groups in total. The van der Waals surface area contributed by atoms with Gasteiger partial charge in [0, 0.05) is 5.92 Å². The van der Waals surface area contributed by atoms with Crippen LogP contribution in [0.3, 0.4) is 0 Å². The molecule has 1 aromatic carbocycles. The summed E-state index contributed by atoms with van der Waals surface area (Å²) >= 11 is 0. The highest BCUT2D eigenvalue weighted by Gasteiger charge is 2.44. The van der Waals surface area contributed by atoms with Crippen LogP contribution >= 0.6 is 0 Å². The van der Waals surface area contributed by atoms with E-state index in [4.69, 9.17) is 5.73 Å². The third-order valence-corrected chi connectivity index (χ3v) is 3.78. The van der Waals surface area contributed by atoms with Gasteiger partial charge in [0.05, 0.1) is 11.9 Å². The SMILES string of the molecule is NC(=O)c1ccc(NC(=O)[C@H]2C[C@@H]2c2ccc(F)c(F)c2)cn1. The number of pyridine rings is 1. The molecule has 5 nitrogen and oxygen atoms in total. The van der Waals surface area contributed by atoms with Gasteiger partial charge in [-0.25, -0.2) is 13.8 Å². The van der Waals surface area contributed by atoms with Crippen LogP contribution < -0.4 is 11.1 Å². The molecule has 1 fully saturated rings. The highest BCUT2D eigenvalue weighted by Crippen LogP contribution is 2.48. The number of carbonyl (C=O) groups excluding carboxylic acids is 2. The Balaban J connectivity index is 1.63. The number of carbonyl (C=O) groups is 2. The van der Waals surface area contributed by atoms with Crippen LogP contribution in [0.1, 0.15) is 28.4 Å². The number of halogens is 2. The molecule has 118 valence electrons. The van der Waals surface area contributed by atoms with Crippen LogP contribution in [0.2, 0.25) is 0 Å². The largest absolute Gasteiger partial charge is 0.364 e. The molecule has 0 saturated heterocycles. The van der Waals surface area contributed by atoms with E-state index in [1.165, 1.54) is 24.4 Å². The van der Waals surface area contributed by atoms with E-state index < -0.39 is 17.5 Å². The van der Waals surface area contributed by atoms with Crippen LogP contribution in [0, 0.1) is 17.6 Å². The van der Waals surface area contributed by atoms with Crippen molar-refractivity contribution in [1.82, 2.24) is 4.98 Å². The number of nitrogens with two attached hydrogens (primary N) is 1. The molecule has 1 heterocycles. The number of amides is 2. The molecule has 0 bridgehead atoms. The number of benzene rings is 1. The highest BCUT2D eigenvalue weighted by molar-refractivity contribution is 5.96. The van der Waals surface area contributed by atoms with Gasteiger partial charge in [-0.15, -0.1) is 0 Å². The van der Waals surface area contributed by atoms with Gasteiger partial charge in [0.25, 0.3) is 5.91 Å². The third-order valence-electron chi connectivity index (χ3n) is 3.78. The summed E-state index contributed by atoms with van der Waals surface area (Å²) < 4.78 is 26.1. The van der Waals surface area contributed by atoms with Crippen molar-refractivity contribution in [2.24, 2.45) is 11.7 Å². The smallest absolute Gasteiger partial charge is 0.267 e. The van der Waals surface area contributed by atoms with E-state index in [0.717, 1.165) is 12.1 Å². The van der Waals surface area contributed by atoms with Crippen LogP contribution in [0.5, 0.6) is 0 Å². The lowest BCUT2D eigenvalue weighted by Crippen LogP contribution is -2.16. The number of hydrogen-bond acceptors (Lipinski definition) is 3. The average Bonchev–Trinajstić information content (AvgIpc) is 3.31. The van der Waals surface area contributed by atoms with Crippen molar-refractivity contribution < 1.29 is 18.4 Å². The molecule has 23 heavy (non-hydrogen) atoms. The number of hydrogen-bond donors (Lipinski definition) is 2. The predicted octanol–water partition coefficient (Wildman–Crippen LogP) is 2.20. The summed E-state index contributed by atoms with van der Waals surface area (Å²) in [5.41, 5.74) is 6.23. The number of nitrogens with one attached hydrogen (secondary N) is 1. The maximum atomic E-state index is 13.2. The van der Waals surface area contributed by atoms with E-state index in [9.17, 15) is 18.4 Å². The van der Waals surface area contributed by atoms with Gasteiger partial charge in [0.1, 0.15) is 5.69 Å². The predicted molar refractivity (Wildman–Crippen MR) is 78.6 cm³/mol. The molecular weight excluding hydrogens is 304 g/mol. The Bertz CT molecular complexity index is 777. The van der Waals surface area contributed by atoms with Crippen molar-refractivity contribution in [1.29, 1.82) is 0 Å². The van der Waals surface area contributed by atoms with E-state index >= 15 is 0 Å². The van der Waals surface area contributed by atoms with E-state index in [-0.39, 0.29) is 23.4 Å². The number of nitrogens with zero attached hydrogens (tertiary/aromatic N) is 1. The maximum Gasteiger partial charge on any atom is 0.267 e. The van der Waals surface area contributed by atoms with E-state index in [1.54, 1.807) is 0 Å². The first-order valence-corrected chi connectivity index (χ1v) is 6.97. The molecule has 0 radical (unpaired) electrons. The monoisotopic (exact) mass is 317 g/mol. The number of aromatic nitrogens is 1. The van der Waals surface area contributed by atoms with Gasteiger partial charge in [0.2, 0.25) is 5.91 Å². The van der Waals surface area contributed by atoms with Gasteiger partial charge < -0.3 is 11.1 Å². The van der Waals surface area contributed by atoms with Crippen LogP contribution in [0.25, 0.3) is 0 Å². The van der Waals surface area contributed by atoms with Gasteiger partial charge in [-0.2, -0.15) is 0 Å². The topological polar surface area (TPSA) is 85.1 Å². The lowest BCUT2D eigenvalue weighted by Gasteiger charge is -2.05. The minimum absolute atomic E-state index is 0.106. The number of anilines is 1. The molecule has 1 saturated carbocycles. The summed E-state index contributed by atoms with van der Waals surface area (Å²) in [7, 11) is 0. The fraction of sp³-hybridized carbons (Fsp3) is 0.188. The Morgan fingerprint density at radius 1 is 1.17 bits per heavy atom. The van der Waals surface area contributed by atoms with Crippen molar-refractivity contribution >= 4 is 17.5 Å². The van der Waals surface area contributed by atoms with Gasteiger partial charge >= 0.3 is 0 Å². The molecule has 3 rings (SSSR count). The second-order valence-corrected chi connectivity index (χ2v) is 5.41. The Kier molecular flexibility index (Phi) is 3.77. The molecule has 1 aliphatic carbocycles. The van der Waals surface area contributed by atoms with E-state index in [1.807, 2.05) is 0 Å². The van der Waals surface area contributed by atoms with Crippen molar-refractivity contribution in [2.45, 2.75) is 12.3 Å². The molecule has 1 aromatic heterocycles. The van der Waals surface area contributed by atoms with E-state index in [0.29, 0.717) is 17.7 Å². The molecular formula is C16H13F2N3O2. The minimum Gasteiger partial charge on any atom is -0.364 e. The lowest BCUT2D eigenvalue weighted by molar-refractivity contribution is -0.117. The fourth-order valence-electron chi connectivity index (χ4n) is 2.44. The molecule has 1 aliphatic rings. The molecule has 7 heteroatoms. The summed E-state index contributed by atoms with van der Waals surface area (Å²) in [5.74, 6) is -3.12. The third kappa shape index (κ3) is 3.18. The van der Waals surface area contributed by atoms with Gasteiger partial charge in [-0.1, -0.05) is 6.07 Å². The van der Waals surface area contributed by atoms with Crippen LogP contribution in [-0.4, -0.2) is 16.8 Å². The Morgan fingerprint density at radius 2 is 1.96 bits per heavy atom. The molecule has 0 unspecified atom stereocenters. The first-order valence-electron chi connectivity index (χ1n) is 6.97. The van der Waals surface area contributed by atoms with Crippen molar-refractivity contribution in [2.75, 3.05) is 5.32 Å². The Labute approximate surface area is 130 Å². The zero-order valence-corrected chi connectivity index (χ0v) is 11.9. The normalized spacial score (nSPS) is 19.2. The molecule has 2 aromatic rings. The molecule has 0 aliphatic heterocycles. The fourth-order valence-corrected chi connectivity index (χ4v) is 2.44. The highest BCUT2D eigenvalue weighted by atomic mass is 19.2. The Morgan fingerprint density at radius 3 is 2.57 bits per heavy atom. The van der Waals surface area contributed by atoms with Crippen LogP contribution in [0.4, 0.5) is 14.5 Å². The lowest BCUT2D eigenvalue weighted by atomic mass is 10.1. The summed E-state index contributed by atoms with van der Waals surface area (Å²) in [6.45, 7) is 0. The maximum absolute atomic E-state index is 13.2. The second-order valence-electron chi connectivity index (χ2n) is 5.41. The second kappa shape index (κ2) is 5.75. The molecule has 0 spiro atoms. The molecule has 2 atom stereocenters. The minimum atomic E-state index is -0.917. The number of primary amides is 1. The Hall–Kier alpha value is -2.83. The summed E-state index contributed by atoms with van der Waals surface area (Å²) in [6, 6.07) is 6.61. The number of rotatable bonds is 4. The van der Waals surface area contributed by atoms with Gasteiger partial charge in [-0.05, 0) is 42.2 Å². The van der Waals surface area contributed by atoms with Crippen LogP contribution in [-0.2, 0) is 4.79 Å². The van der Waals surface area contributed by atoms with Crippen molar-refractivity contribution in [3.63, 3.8) is 0 Å². The first kappa shape index (κ1) is 15.1. The summed E-state index contributed by atoms with van der Waals surface area (Å²) in [5, 5.41) is 2.67. The summed E-state index contributed by atoms with van der Waals surface area (Å²) in [4.78, 5) is 26.9. The van der Waals surface area contributed by atoms with Gasteiger partial charge in [-0.3, -0.25) is 9.59 Å². The summed E-state index contributed by atoms with van der Waals surface area (Å²) in [6.07, 6.45) is 1.91. The zero-order valence-electron chi connectivity index (χ0n) is 11.9. The quantitative estimate of drug-likeness (QED) is 0.906. The zero-order chi connectivity index (χ0) is 16.6. The van der Waals surface area contributed by atoms with Gasteiger partial charge in [0.15, 0.2) is 11.6 Å². The van der Waals surface area contributed by atoms with Crippen molar-refractivity contribution in [3.05, 3.63) is 59.4 Å². The van der Waals surface area contributed by atoms with Crippen LogP contribution in [0.15, 0.2) is 36.5 Å².